The van der Waals surface area contributed by atoms with Crippen LogP contribution in [0, 0.1) is 0 Å². The molecule has 3 rings (SSSR count). The molecule has 2 N–H and O–H groups in total. The predicted octanol–water partition coefficient (Wildman–Crippen LogP) is 4.08. The Morgan fingerprint density at radius 3 is 2.60 bits per heavy atom. The number of nitrogens with two attached hydrogens (primary N) is 1. The van der Waals surface area contributed by atoms with Crippen LogP contribution in [0.3, 0.4) is 0 Å². The van der Waals surface area contributed by atoms with Crippen LogP contribution in [0.15, 0.2) is 24.3 Å². The normalized spacial score (nSPS) is 23.4. The number of hydrogen-bond acceptors (Lipinski definition) is 3. The first-order valence-corrected chi connectivity index (χ1v) is 9.06. The molecular formula is C17H25NOS. The third-order valence-corrected chi connectivity index (χ3v) is 5.67. The predicted molar refractivity (Wildman–Crippen MR) is 86.4 cm³/mol. The van der Waals surface area contributed by atoms with Crippen molar-refractivity contribution in [2.75, 3.05) is 11.5 Å². The van der Waals surface area contributed by atoms with Crippen LogP contribution >= 0.6 is 11.8 Å². The average Bonchev–Trinajstić information content (AvgIpc) is 2.49. The molecule has 2 fully saturated rings. The van der Waals surface area contributed by atoms with Gasteiger partial charge in [-0.2, -0.15) is 11.8 Å². The van der Waals surface area contributed by atoms with E-state index >= 15 is 0 Å². The molecule has 20 heavy (non-hydrogen) atoms. The fourth-order valence-corrected chi connectivity index (χ4v) is 4.40. The van der Waals surface area contributed by atoms with Gasteiger partial charge in [0.05, 0.1) is 0 Å². The van der Waals surface area contributed by atoms with Crippen molar-refractivity contribution >= 4 is 11.8 Å². The summed E-state index contributed by atoms with van der Waals surface area (Å²) < 4.78 is 6.16. The van der Waals surface area contributed by atoms with Crippen molar-refractivity contribution in [2.24, 2.45) is 5.73 Å². The molecule has 1 saturated carbocycles. The summed E-state index contributed by atoms with van der Waals surface area (Å²) in [5.74, 6) is 3.46. The fourth-order valence-electron chi connectivity index (χ4n) is 3.34. The SMILES string of the molecule is NC1(c2cccc(OC3CCSCC3)c2)CCCCC1. The second kappa shape index (κ2) is 6.40. The van der Waals surface area contributed by atoms with E-state index in [2.05, 4.69) is 24.3 Å². The van der Waals surface area contributed by atoms with Gasteiger partial charge in [0.15, 0.2) is 0 Å². The summed E-state index contributed by atoms with van der Waals surface area (Å²) in [6.45, 7) is 0. The minimum absolute atomic E-state index is 0.125. The average molecular weight is 291 g/mol. The first-order chi connectivity index (χ1) is 9.76. The summed E-state index contributed by atoms with van der Waals surface area (Å²) in [6.07, 6.45) is 8.78. The zero-order valence-electron chi connectivity index (χ0n) is 12.1. The van der Waals surface area contributed by atoms with Gasteiger partial charge in [-0.05, 0) is 54.9 Å². The lowest BCUT2D eigenvalue weighted by atomic mass is 9.77. The summed E-state index contributed by atoms with van der Waals surface area (Å²) in [5.41, 5.74) is 7.76. The van der Waals surface area contributed by atoms with Gasteiger partial charge in [0, 0.05) is 5.54 Å². The van der Waals surface area contributed by atoms with Crippen LogP contribution in [-0.2, 0) is 5.54 Å². The Hall–Kier alpha value is -0.670. The van der Waals surface area contributed by atoms with Crippen molar-refractivity contribution in [3.05, 3.63) is 29.8 Å². The molecule has 2 nitrogen and oxygen atoms in total. The molecule has 0 spiro atoms. The van der Waals surface area contributed by atoms with Gasteiger partial charge in [-0.15, -0.1) is 0 Å². The Morgan fingerprint density at radius 2 is 1.85 bits per heavy atom. The molecule has 1 saturated heterocycles. The molecule has 110 valence electrons. The molecule has 1 aromatic carbocycles. The molecule has 3 heteroatoms. The van der Waals surface area contributed by atoms with Crippen molar-refractivity contribution in [1.29, 1.82) is 0 Å². The quantitative estimate of drug-likeness (QED) is 0.911. The first-order valence-electron chi connectivity index (χ1n) is 7.90. The van der Waals surface area contributed by atoms with Gasteiger partial charge in [0.25, 0.3) is 0 Å². The zero-order valence-corrected chi connectivity index (χ0v) is 13.0. The van der Waals surface area contributed by atoms with E-state index in [0.29, 0.717) is 6.10 Å². The lowest BCUT2D eigenvalue weighted by Gasteiger charge is -2.34. The maximum absolute atomic E-state index is 6.62. The van der Waals surface area contributed by atoms with E-state index in [4.69, 9.17) is 10.5 Å². The molecule has 0 amide bonds. The molecule has 0 radical (unpaired) electrons. The second-order valence-corrected chi connectivity index (χ2v) is 7.40. The third-order valence-electron chi connectivity index (χ3n) is 4.63. The highest BCUT2D eigenvalue weighted by atomic mass is 32.2. The lowest BCUT2D eigenvalue weighted by Crippen LogP contribution is -2.38. The maximum Gasteiger partial charge on any atom is 0.120 e. The van der Waals surface area contributed by atoms with E-state index in [9.17, 15) is 0 Å². The van der Waals surface area contributed by atoms with Crippen LogP contribution in [0.25, 0.3) is 0 Å². The molecule has 0 bridgehead atoms. The van der Waals surface area contributed by atoms with Gasteiger partial charge < -0.3 is 10.5 Å². The van der Waals surface area contributed by atoms with Crippen LogP contribution < -0.4 is 10.5 Å². The minimum Gasteiger partial charge on any atom is -0.490 e. The molecule has 0 unspecified atom stereocenters. The molecule has 1 aliphatic heterocycles. The summed E-state index contributed by atoms with van der Waals surface area (Å²) in [7, 11) is 0. The van der Waals surface area contributed by atoms with Gasteiger partial charge in [0.2, 0.25) is 0 Å². The monoisotopic (exact) mass is 291 g/mol. The highest BCUT2D eigenvalue weighted by Gasteiger charge is 2.29. The molecule has 1 heterocycles. The van der Waals surface area contributed by atoms with Gasteiger partial charge in [0.1, 0.15) is 11.9 Å². The summed E-state index contributed by atoms with van der Waals surface area (Å²) >= 11 is 2.03. The van der Waals surface area contributed by atoms with Crippen molar-refractivity contribution in [3.63, 3.8) is 0 Å². The Labute approximate surface area is 126 Å². The van der Waals surface area contributed by atoms with E-state index in [0.717, 1.165) is 18.6 Å². The van der Waals surface area contributed by atoms with Crippen molar-refractivity contribution in [2.45, 2.75) is 56.6 Å². The van der Waals surface area contributed by atoms with Crippen molar-refractivity contribution < 1.29 is 4.74 Å². The second-order valence-electron chi connectivity index (χ2n) is 6.17. The third kappa shape index (κ3) is 3.32. The number of ether oxygens (including phenoxy) is 1. The lowest BCUT2D eigenvalue weighted by molar-refractivity contribution is 0.191. The molecule has 1 aromatic rings. The molecule has 1 aliphatic carbocycles. The van der Waals surface area contributed by atoms with Crippen LogP contribution in [-0.4, -0.2) is 17.6 Å². The van der Waals surface area contributed by atoms with E-state index in [1.54, 1.807) is 0 Å². The Morgan fingerprint density at radius 1 is 1.10 bits per heavy atom. The van der Waals surface area contributed by atoms with Crippen LogP contribution in [0.4, 0.5) is 0 Å². The fraction of sp³-hybridized carbons (Fsp3) is 0.647. The van der Waals surface area contributed by atoms with Gasteiger partial charge in [-0.3, -0.25) is 0 Å². The number of hydrogen-bond donors (Lipinski definition) is 1. The maximum atomic E-state index is 6.62. The number of benzene rings is 1. The first kappa shape index (κ1) is 14.3. The van der Waals surface area contributed by atoms with Gasteiger partial charge in [-0.25, -0.2) is 0 Å². The van der Waals surface area contributed by atoms with E-state index < -0.39 is 0 Å². The van der Waals surface area contributed by atoms with Crippen LogP contribution in [0.2, 0.25) is 0 Å². The van der Waals surface area contributed by atoms with Crippen molar-refractivity contribution in [3.8, 4) is 5.75 Å². The smallest absolute Gasteiger partial charge is 0.120 e. The largest absolute Gasteiger partial charge is 0.490 e. The molecular weight excluding hydrogens is 266 g/mol. The highest BCUT2D eigenvalue weighted by molar-refractivity contribution is 7.99. The molecule has 0 atom stereocenters. The Kier molecular flexibility index (Phi) is 4.57. The van der Waals surface area contributed by atoms with E-state index in [1.165, 1.54) is 49.2 Å². The Bertz CT molecular complexity index is 436. The summed E-state index contributed by atoms with van der Waals surface area (Å²) in [5, 5.41) is 0. The van der Waals surface area contributed by atoms with Crippen LogP contribution in [0.5, 0.6) is 5.75 Å². The summed E-state index contributed by atoms with van der Waals surface area (Å²) in [6, 6.07) is 8.55. The topological polar surface area (TPSA) is 35.2 Å². The molecule has 2 aliphatic rings. The van der Waals surface area contributed by atoms with Gasteiger partial charge >= 0.3 is 0 Å². The number of thioether (sulfide) groups is 1. The number of rotatable bonds is 3. The van der Waals surface area contributed by atoms with Crippen molar-refractivity contribution in [1.82, 2.24) is 0 Å². The Balaban J connectivity index is 1.71. The zero-order chi connectivity index (χ0) is 13.8. The van der Waals surface area contributed by atoms with Crippen LogP contribution in [0.1, 0.15) is 50.5 Å². The minimum atomic E-state index is -0.125. The van der Waals surface area contributed by atoms with E-state index in [1.807, 2.05) is 11.8 Å². The van der Waals surface area contributed by atoms with Gasteiger partial charge in [-0.1, -0.05) is 31.4 Å². The highest BCUT2D eigenvalue weighted by Crippen LogP contribution is 2.36. The molecule has 0 aromatic heterocycles. The standard InChI is InChI=1S/C17H25NOS/c18-17(9-2-1-3-10-17)14-5-4-6-16(13-14)19-15-7-11-20-12-8-15/h4-6,13,15H,1-3,7-12,18H2. The van der Waals surface area contributed by atoms with E-state index in [-0.39, 0.29) is 5.54 Å². The summed E-state index contributed by atoms with van der Waals surface area (Å²) in [4.78, 5) is 0.